The molecule has 0 aliphatic heterocycles. The van der Waals surface area contributed by atoms with E-state index in [1.807, 2.05) is 13.0 Å². The number of hydrogen-bond acceptors (Lipinski definition) is 2. The van der Waals surface area contributed by atoms with Gasteiger partial charge in [0.15, 0.2) is 0 Å². The number of aryl methyl sites for hydroxylation is 1. The Labute approximate surface area is 96.5 Å². The second kappa shape index (κ2) is 4.94. The first-order valence-electron chi connectivity index (χ1n) is 4.49. The summed E-state index contributed by atoms with van der Waals surface area (Å²) in [5.41, 5.74) is 2.12. The average molecular weight is 268 g/mol. The van der Waals surface area contributed by atoms with Gasteiger partial charge in [-0.1, -0.05) is 28.9 Å². The molecular formula is C11H10BrNO2. The Balaban J connectivity index is 3.50. The minimum atomic E-state index is -1.06. The molecule has 0 atom stereocenters. The summed E-state index contributed by atoms with van der Waals surface area (Å²) in [7, 11) is 0. The number of alkyl halides is 1. The van der Waals surface area contributed by atoms with Crippen molar-refractivity contribution < 1.29 is 9.90 Å². The van der Waals surface area contributed by atoms with Gasteiger partial charge in [0.05, 0.1) is 11.1 Å². The van der Waals surface area contributed by atoms with Crippen LogP contribution in [0.5, 0.6) is 0 Å². The normalized spacial score (nSPS) is 9.67. The van der Waals surface area contributed by atoms with Gasteiger partial charge in [-0.05, 0) is 23.6 Å². The zero-order chi connectivity index (χ0) is 11.4. The maximum absolute atomic E-state index is 10.9. The van der Waals surface area contributed by atoms with E-state index in [-0.39, 0.29) is 11.1 Å². The Bertz CT molecular complexity index is 435. The molecule has 0 spiro atoms. The van der Waals surface area contributed by atoms with E-state index in [2.05, 4.69) is 15.9 Å². The summed E-state index contributed by atoms with van der Waals surface area (Å²) in [5, 5.41) is 18.4. The zero-order valence-corrected chi connectivity index (χ0v) is 9.84. The van der Waals surface area contributed by atoms with Crippen molar-refractivity contribution in [2.75, 3.05) is 0 Å². The highest BCUT2D eigenvalue weighted by atomic mass is 79.9. The van der Waals surface area contributed by atoms with Crippen molar-refractivity contribution in [1.29, 1.82) is 5.26 Å². The van der Waals surface area contributed by atoms with Gasteiger partial charge in [0.2, 0.25) is 0 Å². The van der Waals surface area contributed by atoms with E-state index in [4.69, 9.17) is 10.4 Å². The highest BCUT2D eigenvalue weighted by Crippen LogP contribution is 2.22. The summed E-state index contributed by atoms with van der Waals surface area (Å²) in [6.45, 7) is 1.98. The molecule has 1 aromatic rings. The largest absolute Gasteiger partial charge is 0.478 e. The maximum atomic E-state index is 10.9. The molecule has 0 radical (unpaired) electrons. The molecule has 0 saturated carbocycles. The molecule has 0 bridgehead atoms. The van der Waals surface area contributed by atoms with Gasteiger partial charge in [0.1, 0.15) is 6.07 Å². The molecule has 3 nitrogen and oxygen atoms in total. The Morgan fingerprint density at radius 2 is 2.27 bits per heavy atom. The summed E-state index contributed by atoms with van der Waals surface area (Å²) in [4.78, 5) is 10.9. The van der Waals surface area contributed by atoms with Crippen LogP contribution in [0.3, 0.4) is 0 Å². The third-order valence-corrected chi connectivity index (χ3v) is 2.83. The fraction of sp³-hybridized carbons (Fsp3) is 0.273. The van der Waals surface area contributed by atoms with E-state index in [9.17, 15) is 4.79 Å². The standard InChI is InChI=1S/C11H10BrNO2/c1-2-7-3-4-8(11(14)15)10(6-13)9(7)5-12/h3-4H,2,5H2,1H3,(H,14,15). The number of carboxylic acid groups (broad SMARTS) is 1. The molecular weight excluding hydrogens is 258 g/mol. The molecule has 0 saturated heterocycles. The van der Waals surface area contributed by atoms with Crippen LogP contribution in [0.4, 0.5) is 0 Å². The van der Waals surface area contributed by atoms with Crippen molar-refractivity contribution in [2.24, 2.45) is 0 Å². The molecule has 0 aromatic heterocycles. The number of nitrogens with zero attached hydrogens (tertiary/aromatic N) is 1. The number of carboxylic acids is 1. The predicted octanol–water partition coefficient (Wildman–Crippen LogP) is 2.71. The molecule has 1 N–H and O–H groups in total. The van der Waals surface area contributed by atoms with E-state index in [0.29, 0.717) is 5.33 Å². The van der Waals surface area contributed by atoms with Crippen molar-refractivity contribution in [2.45, 2.75) is 18.7 Å². The van der Waals surface area contributed by atoms with Gasteiger partial charge >= 0.3 is 5.97 Å². The summed E-state index contributed by atoms with van der Waals surface area (Å²) < 4.78 is 0. The van der Waals surface area contributed by atoms with E-state index >= 15 is 0 Å². The van der Waals surface area contributed by atoms with Gasteiger partial charge in [-0.15, -0.1) is 0 Å². The van der Waals surface area contributed by atoms with Crippen LogP contribution in [0, 0.1) is 11.3 Å². The number of aromatic carboxylic acids is 1. The quantitative estimate of drug-likeness (QED) is 0.857. The highest BCUT2D eigenvalue weighted by Gasteiger charge is 2.15. The van der Waals surface area contributed by atoms with E-state index < -0.39 is 5.97 Å². The molecule has 0 unspecified atom stereocenters. The van der Waals surface area contributed by atoms with Crippen LogP contribution in [0.2, 0.25) is 0 Å². The maximum Gasteiger partial charge on any atom is 0.337 e. The van der Waals surface area contributed by atoms with Crippen molar-refractivity contribution in [3.63, 3.8) is 0 Å². The Hall–Kier alpha value is -1.34. The van der Waals surface area contributed by atoms with E-state index in [0.717, 1.165) is 17.5 Å². The van der Waals surface area contributed by atoms with Crippen LogP contribution in [0.25, 0.3) is 0 Å². The number of hydrogen-bond donors (Lipinski definition) is 1. The van der Waals surface area contributed by atoms with Crippen molar-refractivity contribution in [3.8, 4) is 6.07 Å². The smallest absolute Gasteiger partial charge is 0.337 e. The van der Waals surface area contributed by atoms with Crippen LogP contribution < -0.4 is 0 Å². The third kappa shape index (κ3) is 2.18. The van der Waals surface area contributed by atoms with Crippen molar-refractivity contribution >= 4 is 21.9 Å². The second-order valence-electron chi connectivity index (χ2n) is 3.03. The van der Waals surface area contributed by atoms with Gasteiger partial charge in [-0.25, -0.2) is 4.79 Å². The van der Waals surface area contributed by atoms with E-state index in [1.54, 1.807) is 6.07 Å². The minimum absolute atomic E-state index is 0.0733. The van der Waals surface area contributed by atoms with Gasteiger partial charge in [-0.2, -0.15) is 5.26 Å². The van der Waals surface area contributed by atoms with Gasteiger partial charge in [-0.3, -0.25) is 0 Å². The number of halogens is 1. The molecule has 0 aliphatic rings. The molecule has 1 aromatic carbocycles. The Morgan fingerprint density at radius 3 is 2.67 bits per heavy atom. The minimum Gasteiger partial charge on any atom is -0.478 e. The summed E-state index contributed by atoms with van der Waals surface area (Å²) >= 11 is 3.28. The third-order valence-electron chi connectivity index (χ3n) is 2.27. The fourth-order valence-electron chi connectivity index (χ4n) is 1.48. The summed E-state index contributed by atoms with van der Waals surface area (Å²) in [6, 6.07) is 5.22. The van der Waals surface area contributed by atoms with Crippen LogP contribution in [-0.2, 0) is 11.8 Å². The SMILES string of the molecule is CCc1ccc(C(=O)O)c(C#N)c1CBr. The summed E-state index contributed by atoms with van der Waals surface area (Å²) in [5.74, 6) is -1.06. The first kappa shape index (κ1) is 11.7. The number of rotatable bonds is 3. The van der Waals surface area contributed by atoms with Crippen LogP contribution >= 0.6 is 15.9 Å². The van der Waals surface area contributed by atoms with Crippen LogP contribution in [-0.4, -0.2) is 11.1 Å². The van der Waals surface area contributed by atoms with Gasteiger partial charge in [0, 0.05) is 5.33 Å². The van der Waals surface area contributed by atoms with Crippen molar-refractivity contribution in [3.05, 3.63) is 34.4 Å². The monoisotopic (exact) mass is 267 g/mol. The number of benzene rings is 1. The first-order chi connectivity index (χ1) is 7.15. The summed E-state index contributed by atoms with van der Waals surface area (Å²) in [6.07, 6.45) is 0.787. The van der Waals surface area contributed by atoms with Crippen LogP contribution in [0.15, 0.2) is 12.1 Å². The van der Waals surface area contributed by atoms with Crippen LogP contribution in [0.1, 0.15) is 34.0 Å². The number of nitriles is 1. The van der Waals surface area contributed by atoms with Gasteiger partial charge < -0.3 is 5.11 Å². The topological polar surface area (TPSA) is 61.1 Å². The Kier molecular flexibility index (Phi) is 3.87. The molecule has 78 valence electrons. The number of carbonyl (C=O) groups is 1. The molecule has 0 aliphatic carbocycles. The van der Waals surface area contributed by atoms with Crippen molar-refractivity contribution in [1.82, 2.24) is 0 Å². The Morgan fingerprint density at radius 1 is 1.60 bits per heavy atom. The lowest BCUT2D eigenvalue weighted by Gasteiger charge is -2.09. The lowest BCUT2D eigenvalue weighted by molar-refractivity contribution is 0.0696. The lowest BCUT2D eigenvalue weighted by Crippen LogP contribution is -2.05. The molecule has 15 heavy (non-hydrogen) atoms. The van der Waals surface area contributed by atoms with Gasteiger partial charge in [0.25, 0.3) is 0 Å². The second-order valence-corrected chi connectivity index (χ2v) is 3.59. The predicted molar refractivity (Wildman–Crippen MR) is 60.1 cm³/mol. The average Bonchev–Trinajstić information content (AvgIpc) is 2.26. The first-order valence-corrected chi connectivity index (χ1v) is 5.61. The zero-order valence-electron chi connectivity index (χ0n) is 8.25. The molecule has 4 heteroatoms. The molecule has 0 heterocycles. The molecule has 0 fully saturated rings. The highest BCUT2D eigenvalue weighted by molar-refractivity contribution is 9.08. The molecule has 0 amide bonds. The fourth-order valence-corrected chi connectivity index (χ4v) is 2.12. The molecule has 1 rings (SSSR count). The van der Waals surface area contributed by atoms with E-state index in [1.165, 1.54) is 6.07 Å². The lowest BCUT2D eigenvalue weighted by atomic mass is 9.96.